The van der Waals surface area contributed by atoms with E-state index >= 15 is 0 Å². The van der Waals surface area contributed by atoms with Crippen LogP contribution in [0, 0.1) is 5.82 Å². The minimum Gasteiger partial charge on any atom is -0.207 e. The van der Waals surface area contributed by atoms with E-state index < -0.39 is 0 Å². The summed E-state index contributed by atoms with van der Waals surface area (Å²) in [6, 6.07) is 11.8. The first-order chi connectivity index (χ1) is 8.24. The first-order valence-electron chi connectivity index (χ1n) is 5.01. The lowest BCUT2D eigenvalue weighted by Crippen LogP contribution is -1.88. The van der Waals surface area contributed by atoms with Crippen molar-refractivity contribution in [1.82, 2.24) is 14.6 Å². The Morgan fingerprint density at radius 2 is 1.94 bits per heavy atom. The van der Waals surface area contributed by atoms with Gasteiger partial charge in [-0.15, -0.1) is 5.10 Å². The van der Waals surface area contributed by atoms with Crippen molar-refractivity contribution in [3.05, 3.63) is 52.9 Å². The fraction of sp³-hybridized carbons (Fsp3) is 0. The number of pyridine rings is 1. The van der Waals surface area contributed by atoms with Gasteiger partial charge in [0.05, 0.1) is 0 Å². The van der Waals surface area contributed by atoms with Gasteiger partial charge in [0, 0.05) is 5.56 Å². The molecule has 2 aromatic heterocycles. The zero-order valence-corrected chi connectivity index (χ0v) is 10.2. The quantitative estimate of drug-likeness (QED) is 0.644. The standard InChI is InChI=1S/C12H7BrFN3/c13-10-5-2-6-11-15-12(16-17(10)11)8-3-1-4-9(14)7-8/h1-7H. The molecule has 5 heteroatoms. The van der Waals surface area contributed by atoms with Crippen LogP contribution in [0.4, 0.5) is 4.39 Å². The number of nitrogens with zero attached hydrogens (tertiary/aromatic N) is 3. The van der Waals surface area contributed by atoms with E-state index in [2.05, 4.69) is 26.0 Å². The van der Waals surface area contributed by atoms with Gasteiger partial charge in [-0.25, -0.2) is 13.9 Å². The van der Waals surface area contributed by atoms with Gasteiger partial charge in [-0.1, -0.05) is 18.2 Å². The van der Waals surface area contributed by atoms with Crippen molar-refractivity contribution in [1.29, 1.82) is 0 Å². The highest BCUT2D eigenvalue weighted by atomic mass is 79.9. The first kappa shape index (κ1) is 10.4. The first-order valence-corrected chi connectivity index (χ1v) is 5.80. The Morgan fingerprint density at radius 3 is 2.71 bits per heavy atom. The van der Waals surface area contributed by atoms with Gasteiger partial charge in [0.1, 0.15) is 10.4 Å². The van der Waals surface area contributed by atoms with Gasteiger partial charge >= 0.3 is 0 Å². The molecule has 17 heavy (non-hydrogen) atoms. The maximum Gasteiger partial charge on any atom is 0.182 e. The molecule has 0 atom stereocenters. The summed E-state index contributed by atoms with van der Waals surface area (Å²) in [6.07, 6.45) is 0. The van der Waals surface area contributed by atoms with E-state index in [-0.39, 0.29) is 5.82 Å². The molecule has 3 aromatic rings. The molecule has 84 valence electrons. The molecule has 0 saturated carbocycles. The summed E-state index contributed by atoms with van der Waals surface area (Å²) in [6.45, 7) is 0. The summed E-state index contributed by atoms with van der Waals surface area (Å²) in [7, 11) is 0. The number of aromatic nitrogens is 3. The Morgan fingerprint density at radius 1 is 1.12 bits per heavy atom. The molecule has 0 aliphatic heterocycles. The second-order valence-corrected chi connectivity index (χ2v) is 4.38. The van der Waals surface area contributed by atoms with Gasteiger partial charge in [0.25, 0.3) is 0 Å². The van der Waals surface area contributed by atoms with Crippen LogP contribution in [0.25, 0.3) is 17.0 Å². The van der Waals surface area contributed by atoms with E-state index in [0.717, 1.165) is 10.3 Å². The summed E-state index contributed by atoms with van der Waals surface area (Å²) in [4.78, 5) is 4.34. The number of rotatable bonds is 1. The molecule has 0 N–H and O–H groups in total. The van der Waals surface area contributed by atoms with Gasteiger partial charge in [-0.2, -0.15) is 0 Å². The van der Waals surface area contributed by atoms with Gasteiger partial charge in [-0.3, -0.25) is 0 Å². The van der Waals surface area contributed by atoms with Crippen LogP contribution >= 0.6 is 15.9 Å². The number of hydrogen-bond acceptors (Lipinski definition) is 2. The monoisotopic (exact) mass is 291 g/mol. The highest BCUT2D eigenvalue weighted by Crippen LogP contribution is 2.19. The van der Waals surface area contributed by atoms with E-state index in [9.17, 15) is 4.39 Å². The normalized spacial score (nSPS) is 10.9. The van der Waals surface area contributed by atoms with Crippen LogP contribution in [0.2, 0.25) is 0 Å². The molecule has 0 amide bonds. The summed E-state index contributed by atoms with van der Waals surface area (Å²) in [5.41, 5.74) is 1.39. The van der Waals surface area contributed by atoms with Gasteiger partial charge in [0.15, 0.2) is 11.5 Å². The van der Waals surface area contributed by atoms with Crippen molar-refractivity contribution >= 4 is 21.6 Å². The Hall–Kier alpha value is -1.75. The lowest BCUT2D eigenvalue weighted by Gasteiger charge is -1.94. The van der Waals surface area contributed by atoms with E-state index in [0.29, 0.717) is 11.4 Å². The van der Waals surface area contributed by atoms with E-state index in [4.69, 9.17) is 0 Å². The second-order valence-electron chi connectivity index (χ2n) is 3.56. The number of benzene rings is 1. The molecule has 0 unspecified atom stereocenters. The summed E-state index contributed by atoms with van der Waals surface area (Å²) >= 11 is 3.38. The van der Waals surface area contributed by atoms with Crippen LogP contribution < -0.4 is 0 Å². The Bertz CT molecular complexity index is 693. The maximum absolute atomic E-state index is 13.1. The van der Waals surface area contributed by atoms with Crippen molar-refractivity contribution in [2.24, 2.45) is 0 Å². The molecule has 0 saturated heterocycles. The van der Waals surface area contributed by atoms with Crippen molar-refractivity contribution in [2.45, 2.75) is 0 Å². The lowest BCUT2D eigenvalue weighted by molar-refractivity contribution is 0.628. The van der Waals surface area contributed by atoms with E-state index in [1.165, 1.54) is 12.1 Å². The molecule has 0 aliphatic carbocycles. The maximum atomic E-state index is 13.1. The van der Waals surface area contributed by atoms with E-state index in [1.54, 1.807) is 16.6 Å². The Labute approximate surface area is 105 Å². The number of halogens is 2. The predicted molar refractivity (Wildman–Crippen MR) is 66.1 cm³/mol. The fourth-order valence-electron chi connectivity index (χ4n) is 1.62. The molecule has 0 bridgehead atoms. The van der Waals surface area contributed by atoms with Crippen molar-refractivity contribution in [3.63, 3.8) is 0 Å². The van der Waals surface area contributed by atoms with Crippen molar-refractivity contribution < 1.29 is 4.39 Å². The van der Waals surface area contributed by atoms with Crippen LogP contribution in [-0.4, -0.2) is 14.6 Å². The second kappa shape index (κ2) is 3.92. The third-order valence-electron chi connectivity index (χ3n) is 2.40. The minimum absolute atomic E-state index is 0.291. The van der Waals surface area contributed by atoms with Gasteiger partial charge < -0.3 is 0 Å². The Kier molecular flexibility index (Phi) is 2.40. The lowest BCUT2D eigenvalue weighted by atomic mass is 10.2. The number of fused-ring (bicyclic) bond motifs is 1. The van der Waals surface area contributed by atoms with Crippen LogP contribution in [0.15, 0.2) is 47.1 Å². The molecule has 2 heterocycles. The molecule has 3 nitrogen and oxygen atoms in total. The molecule has 0 aliphatic rings. The molecule has 0 fully saturated rings. The van der Waals surface area contributed by atoms with Gasteiger partial charge in [0.2, 0.25) is 0 Å². The van der Waals surface area contributed by atoms with Crippen LogP contribution in [-0.2, 0) is 0 Å². The molecule has 0 spiro atoms. The Balaban J connectivity index is 2.22. The van der Waals surface area contributed by atoms with Crippen LogP contribution in [0.5, 0.6) is 0 Å². The third kappa shape index (κ3) is 1.82. The average Bonchev–Trinajstić information content (AvgIpc) is 2.74. The van der Waals surface area contributed by atoms with Crippen molar-refractivity contribution in [2.75, 3.05) is 0 Å². The van der Waals surface area contributed by atoms with Crippen LogP contribution in [0.3, 0.4) is 0 Å². The smallest absolute Gasteiger partial charge is 0.182 e. The number of hydrogen-bond donors (Lipinski definition) is 0. The zero-order valence-electron chi connectivity index (χ0n) is 8.64. The molecule has 3 rings (SSSR count). The topological polar surface area (TPSA) is 30.2 Å². The van der Waals surface area contributed by atoms with Crippen molar-refractivity contribution in [3.8, 4) is 11.4 Å². The fourth-order valence-corrected chi connectivity index (χ4v) is 2.04. The van der Waals surface area contributed by atoms with E-state index in [1.807, 2.05) is 18.2 Å². The molecule has 1 aromatic carbocycles. The average molecular weight is 292 g/mol. The SMILES string of the molecule is Fc1cccc(-c2nc3cccc(Br)n3n2)c1. The summed E-state index contributed by atoms with van der Waals surface area (Å²) in [5, 5.41) is 4.32. The molecule has 0 radical (unpaired) electrons. The van der Waals surface area contributed by atoms with Gasteiger partial charge in [-0.05, 0) is 40.2 Å². The zero-order chi connectivity index (χ0) is 11.8. The predicted octanol–water partition coefficient (Wildman–Crippen LogP) is 3.30. The highest BCUT2D eigenvalue weighted by Gasteiger charge is 2.08. The molecular weight excluding hydrogens is 285 g/mol. The van der Waals surface area contributed by atoms with Crippen LogP contribution in [0.1, 0.15) is 0 Å². The summed E-state index contributed by atoms with van der Waals surface area (Å²) < 4.78 is 15.6. The third-order valence-corrected chi connectivity index (χ3v) is 3.00. The summed E-state index contributed by atoms with van der Waals surface area (Å²) in [5.74, 6) is 0.219. The molecular formula is C12H7BrFN3. The highest BCUT2D eigenvalue weighted by molar-refractivity contribution is 9.10. The minimum atomic E-state index is -0.291. The largest absolute Gasteiger partial charge is 0.207 e.